The molecule has 8 nitrogen and oxygen atoms in total. The zero-order valence-corrected chi connectivity index (χ0v) is 20.5. The van der Waals surface area contributed by atoms with E-state index < -0.39 is 24.0 Å². The average molecular weight is 499 g/mol. The number of carbonyl (C=O) groups excluding carboxylic acids is 2. The maximum absolute atomic E-state index is 13.2. The SMILES string of the molecule is CSCC[C@H](NC(=O)OCC1c2ccccc2-c2ccccc21)C(=O)N1CCOCC(C(=O)O)C1. The van der Waals surface area contributed by atoms with Crippen LogP contribution in [0.25, 0.3) is 11.1 Å². The molecule has 2 N–H and O–H groups in total. The van der Waals surface area contributed by atoms with Crippen LogP contribution in [0.2, 0.25) is 0 Å². The molecule has 2 aromatic carbocycles. The summed E-state index contributed by atoms with van der Waals surface area (Å²) in [6.07, 6.45) is 1.68. The first-order valence-electron chi connectivity index (χ1n) is 11.7. The van der Waals surface area contributed by atoms with Gasteiger partial charge in [-0.15, -0.1) is 0 Å². The van der Waals surface area contributed by atoms with Crippen molar-refractivity contribution in [3.8, 4) is 11.1 Å². The van der Waals surface area contributed by atoms with Crippen molar-refractivity contribution in [2.45, 2.75) is 18.4 Å². The van der Waals surface area contributed by atoms with Gasteiger partial charge in [0.2, 0.25) is 5.91 Å². The van der Waals surface area contributed by atoms with Crippen LogP contribution >= 0.6 is 11.8 Å². The van der Waals surface area contributed by atoms with Gasteiger partial charge in [-0.3, -0.25) is 9.59 Å². The van der Waals surface area contributed by atoms with Crippen molar-refractivity contribution in [2.24, 2.45) is 5.92 Å². The van der Waals surface area contributed by atoms with Gasteiger partial charge < -0.3 is 24.8 Å². The number of amides is 2. The minimum atomic E-state index is -1.00. The molecule has 1 aliphatic carbocycles. The van der Waals surface area contributed by atoms with E-state index in [1.165, 1.54) is 4.90 Å². The molecule has 0 radical (unpaired) electrons. The number of carboxylic acids is 1. The highest BCUT2D eigenvalue weighted by molar-refractivity contribution is 7.98. The van der Waals surface area contributed by atoms with Gasteiger partial charge in [0.15, 0.2) is 0 Å². The Bertz CT molecular complexity index is 1030. The zero-order chi connectivity index (χ0) is 24.8. The van der Waals surface area contributed by atoms with Crippen molar-refractivity contribution in [1.29, 1.82) is 0 Å². The van der Waals surface area contributed by atoms with Crippen LogP contribution in [0.1, 0.15) is 23.5 Å². The monoisotopic (exact) mass is 498 g/mol. The van der Waals surface area contributed by atoms with Crippen LogP contribution in [-0.4, -0.2) is 78.9 Å². The third-order valence-corrected chi connectivity index (χ3v) is 7.11. The molecule has 1 unspecified atom stereocenters. The highest BCUT2D eigenvalue weighted by atomic mass is 32.2. The molecule has 2 amide bonds. The Labute approximate surface area is 209 Å². The van der Waals surface area contributed by atoms with Crippen molar-refractivity contribution in [1.82, 2.24) is 10.2 Å². The number of aliphatic carboxylic acids is 1. The van der Waals surface area contributed by atoms with E-state index >= 15 is 0 Å². The van der Waals surface area contributed by atoms with E-state index in [1.807, 2.05) is 42.7 Å². The lowest BCUT2D eigenvalue weighted by Crippen LogP contribution is -2.51. The van der Waals surface area contributed by atoms with Crippen LogP contribution in [-0.2, 0) is 19.1 Å². The minimum Gasteiger partial charge on any atom is -0.481 e. The molecular weight excluding hydrogens is 468 g/mol. The third kappa shape index (κ3) is 5.79. The second-order valence-electron chi connectivity index (χ2n) is 8.70. The van der Waals surface area contributed by atoms with Gasteiger partial charge in [-0.05, 0) is 40.7 Å². The smallest absolute Gasteiger partial charge is 0.407 e. The summed E-state index contributed by atoms with van der Waals surface area (Å²) in [5.41, 5.74) is 4.50. The van der Waals surface area contributed by atoms with Crippen LogP contribution in [0, 0.1) is 5.92 Å². The second kappa shape index (κ2) is 11.6. The number of carbonyl (C=O) groups is 3. The summed E-state index contributed by atoms with van der Waals surface area (Å²) in [7, 11) is 0. The van der Waals surface area contributed by atoms with Gasteiger partial charge in [-0.2, -0.15) is 11.8 Å². The first-order valence-corrected chi connectivity index (χ1v) is 13.1. The first kappa shape index (κ1) is 25.1. The standard InChI is InChI=1S/C26H30N2O6S/c1-35-13-10-23(24(29)28-11-12-33-15-17(14-28)25(30)31)27-26(32)34-16-22-20-8-4-2-6-18(20)19-7-3-5-9-21(19)22/h2-9,17,22-23H,10-16H2,1H3,(H,27,32)(H,30,31)/t17?,23-/m0/s1. The summed E-state index contributed by atoms with van der Waals surface area (Å²) in [6.45, 7) is 0.813. The Morgan fingerprint density at radius 3 is 2.43 bits per heavy atom. The predicted molar refractivity (Wildman–Crippen MR) is 134 cm³/mol. The van der Waals surface area contributed by atoms with Crippen LogP contribution < -0.4 is 5.32 Å². The van der Waals surface area contributed by atoms with Crippen LogP contribution in [0.4, 0.5) is 4.79 Å². The predicted octanol–water partition coefficient (Wildman–Crippen LogP) is 3.21. The molecule has 1 saturated heterocycles. The molecule has 1 heterocycles. The molecule has 2 aliphatic rings. The lowest BCUT2D eigenvalue weighted by atomic mass is 9.98. The number of thioether (sulfide) groups is 1. The number of nitrogens with one attached hydrogen (secondary N) is 1. The number of alkyl carbamates (subject to hydrolysis) is 1. The van der Waals surface area contributed by atoms with Gasteiger partial charge in [0, 0.05) is 19.0 Å². The molecular formula is C26H30N2O6S. The van der Waals surface area contributed by atoms with Crippen LogP contribution in [0.15, 0.2) is 48.5 Å². The Balaban J connectivity index is 1.42. The Morgan fingerprint density at radius 1 is 1.14 bits per heavy atom. The Morgan fingerprint density at radius 2 is 1.80 bits per heavy atom. The molecule has 0 spiro atoms. The third-order valence-electron chi connectivity index (χ3n) is 6.47. The number of hydrogen-bond acceptors (Lipinski definition) is 6. The molecule has 1 aliphatic heterocycles. The molecule has 0 bridgehead atoms. The number of nitrogens with zero attached hydrogens (tertiary/aromatic N) is 1. The van der Waals surface area contributed by atoms with Gasteiger partial charge in [0.1, 0.15) is 12.6 Å². The maximum Gasteiger partial charge on any atom is 0.407 e. The second-order valence-corrected chi connectivity index (χ2v) is 9.68. The normalized spacial score (nSPS) is 18.2. The van der Waals surface area contributed by atoms with Gasteiger partial charge in [-0.1, -0.05) is 48.5 Å². The van der Waals surface area contributed by atoms with Crippen molar-refractivity contribution in [3.05, 3.63) is 59.7 Å². The van der Waals surface area contributed by atoms with Crippen molar-refractivity contribution in [3.63, 3.8) is 0 Å². The molecule has 9 heteroatoms. The van der Waals surface area contributed by atoms with E-state index in [-0.39, 0.29) is 44.7 Å². The molecule has 2 atom stereocenters. The van der Waals surface area contributed by atoms with E-state index in [0.29, 0.717) is 12.2 Å². The summed E-state index contributed by atoms with van der Waals surface area (Å²) in [6, 6.07) is 15.4. The molecule has 2 aromatic rings. The van der Waals surface area contributed by atoms with Crippen molar-refractivity contribution < 1.29 is 29.0 Å². The number of rotatable bonds is 8. The number of hydrogen-bond donors (Lipinski definition) is 2. The van der Waals surface area contributed by atoms with Gasteiger partial charge in [0.25, 0.3) is 0 Å². The number of fused-ring (bicyclic) bond motifs is 3. The van der Waals surface area contributed by atoms with Crippen molar-refractivity contribution >= 4 is 29.7 Å². The Kier molecular flexibility index (Phi) is 8.30. The van der Waals surface area contributed by atoms with E-state index in [2.05, 4.69) is 17.4 Å². The van der Waals surface area contributed by atoms with Gasteiger partial charge in [0.05, 0.1) is 19.1 Å². The minimum absolute atomic E-state index is 0.0519. The molecule has 0 aromatic heterocycles. The van der Waals surface area contributed by atoms with E-state index in [9.17, 15) is 19.5 Å². The molecule has 0 saturated carbocycles. The summed E-state index contributed by atoms with van der Waals surface area (Å²) in [5.74, 6) is -1.53. The average Bonchev–Trinajstić information content (AvgIpc) is 3.00. The molecule has 186 valence electrons. The van der Waals surface area contributed by atoms with E-state index in [0.717, 1.165) is 22.3 Å². The van der Waals surface area contributed by atoms with E-state index in [1.54, 1.807) is 11.8 Å². The van der Waals surface area contributed by atoms with Crippen molar-refractivity contribution in [2.75, 3.05) is 44.9 Å². The molecule has 4 rings (SSSR count). The lowest BCUT2D eigenvalue weighted by Gasteiger charge is -2.27. The van der Waals surface area contributed by atoms with Crippen LogP contribution in [0.3, 0.4) is 0 Å². The fraction of sp³-hybridized carbons (Fsp3) is 0.423. The highest BCUT2D eigenvalue weighted by Gasteiger charge is 2.33. The number of benzene rings is 2. The fourth-order valence-electron chi connectivity index (χ4n) is 4.66. The lowest BCUT2D eigenvalue weighted by molar-refractivity contribution is -0.144. The summed E-state index contributed by atoms with van der Waals surface area (Å²) in [4.78, 5) is 39.0. The summed E-state index contributed by atoms with van der Waals surface area (Å²) >= 11 is 1.57. The number of ether oxygens (including phenoxy) is 2. The Hall–Kier alpha value is -3.04. The molecule has 35 heavy (non-hydrogen) atoms. The first-order chi connectivity index (χ1) is 17.0. The topological polar surface area (TPSA) is 105 Å². The largest absolute Gasteiger partial charge is 0.481 e. The summed E-state index contributed by atoms with van der Waals surface area (Å²) in [5, 5.41) is 12.1. The highest BCUT2D eigenvalue weighted by Crippen LogP contribution is 2.44. The zero-order valence-electron chi connectivity index (χ0n) is 19.6. The van der Waals surface area contributed by atoms with Crippen LogP contribution in [0.5, 0.6) is 0 Å². The maximum atomic E-state index is 13.2. The fourth-order valence-corrected chi connectivity index (χ4v) is 5.13. The van der Waals surface area contributed by atoms with Gasteiger partial charge >= 0.3 is 12.1 Å². The number of carboxylic acid groups (broad SMARTS) is 1. The quantitative estimate of drug-likeness (QED) is 0.576. The summed E-state index contributed by atoms with van der Waals surface area (Å²) < 4.78 is 11.0. The van der Waals surface area contributed by atoms with Gasteiger partial charge in [-0.25, -0.2) is 4.79 Å². The molecule has 1 fully saturated rings. The van der Waals surface area contributed by atoms with E-state index in [4.69, 9.17) is 9.47 Å².